The van der Waals surface area contributed by atoms with Crippen molar-refractivity contribution in [1.29, 1.82) is 0 Å². The van der Waals surface area contributed by atoms with Crippen LogP contribution in [0, 0.1) is 5.92 Å². The van der Waals surface area contributed by atoms with Crippen molar-refractivity contribution in [1.82, 2.24) is 5.32 Å². The van der Waals surface area contributed by atoms with Gasteiger partial charge in [0.15, 0.2) is 5.78 Å². The monoisotopic (exact) mass is 193 g/mol. The Morgan fingerprint density at radius 1 is 1.29 bits per heavy atom. The van der Waals surface area contributed by atoms with Crippen molar-refractivity contribution in [2.24, 2.45) is 5.92 Å². The maximum atomic E-state index is 11.6. The van der Waals surface area contributed by atoms with Gasteiger partial charge in [-0.2, -0.15) is 0 Å². The van der Waals surface area contributed by atoms with Crippen LogP contribution in [0.3, 0.4) is 0 Å². The van der Waals surface area contributed by atoms with Crippen molar-refractivity contribution in [3.8, 4) is 0 Å². The smallest absolute Gasteiger partial charge is 0.160 e. The van der Waals surface area contributed by atoms with Crippen molar-refractivity contribution in [2.45, 2.75) is 52.0 Å². The van der Waals surface area contributed by atoms with Crippen LogP contribution in [-0.2, 0) is 4.79 Å². The first-order chi connectivity index (χ1) is 6.68. The third-order valence-electron chi connectivity index (χ3n) is 3.40. The van der Waals surface area contributed by atoms with E-state index in [-0.39, 0.29) is 0 Å². The molecule has 0 saturated heterocycles. The van der Waals surface area contributed by atoms with E-state index in [2.05, 4.69) is 19.2 Å². The molecular weight excluding hydrogens is 174 g/mol. The lowest BCUT2D eigenvalue weighted by atomic mass is 9.84. The lowest BCUT2D eigenvalue weighted by Gasteiger charge is -2.33. The van der Waals surface area contributed by atoms with Gasteiger partial charge in [0.1, 0.15) is 0 Å². The van der Waals surface area contributed by atoms with Gasteiger partial charge in [0.05, 0.1) is 0 Å². The second-order valence-corrected chi connectivity index (χ2v) is 4.77. The van der Waals surface area contributed by atoms with E-state index in [9.17, 15) is 4.79 Å². The van der Waals surface area contributed by atoms with E-state index in [0.29, 0.717) is 17.7 Å². The Hall–Kier alpha value is -0.790. The molecule has 78 valence electrons. The summed E-state index contributed by atoms with van der Waals surface area (Å²) >= 11 is 0. The highest BCUT2D eigenvalue weighted by molar-refractivity contribution is 5.96. The zero-order valence-corrected chi connectivity index (χ0v) is 9.10. The Labute approximate surface area is 85.8 Å². The molecule has 0 amide bonds. The molecule has 2 heteroatoms. The summed E-state index contributed by atoms with van der Waals surface area (Å²) in [4.78, 5) is 11.6. The first kappa shape index (κ1) is 9.75. The van der Waals surface area contributed by atoms with Crippen LogP contribution in [-0.4, -0.2) is 11.8 Å². The molecule has 1 N–H and O–H groups in total. The number of ketones is 1. The van der Waals surface area contributed by atoms with E-state index < -0.39 is 0 Å². The molecule has 1 atom stereocenters. The molecule has 1 aliphatic carbocycles. The van der Waals surface area contributed by atoms with Crippen LogP contribution in [0.5, 0.6) is 0 Å². The molecule has 1 heterocycles. The predicted octanol–water partition coefficient (Wildman–Crippen LogP) is 2.40. The fourth-order valence-corrected chi connectivity index (χ4v) is 2.44. The highest BCUT2D eigenvalue weighted by atomic mass is 16.1. The molecule has 0 fully saturated rings. The molecule has 2 nitrogen and oxygen atoms in total. The number of rotatable bonds is 1. The summed E-state index contributed by atoms with van der Waals surface area (Å²) in [7, 11) is 0. The highest BCUT2D eigenvalue weighted by Crippen LogP contribution is 2.30. The van der Waals surface area contributed by atoms with Crippen LogP contribution in [0.2, 0.25) is 0 Å². The summed E-state index contributed by atoms with van der Waals surface area (Å²) in [6.45, 7) is 4.49. The molecular formula is C12H19NO. The number of carbonyl (C=O) groups is 1. The predicted molar refractivity (Wildman–Crippen MR) is 56.9 cm³/mol. The molecule has 0 aromatic heterocycles. The molecule has 14 heavy (non-hydrogen) atoms. The van der Waals surface area contributed by atoms with Gasteiger partial charge in [-0.15, -0.1) is 0 Å². The Balaban J connectivity index is 2.15. The van der Waals surface area contributed by atoms with E-state index in [0.717, 1.165) is 37.7 Å². The largest absolute Gasteiger partial charge is 0.385 e. The van der Waals surface area contributed by atoms with Crippen molar-refractivity contribution in [3.63, 3.8) is 0 Å². The topological polar surface area (TPSA) is 29.1 Å². The zero-order valence-electron chi connectivity index (χ0n) is 9.10. The third kappa shape index (κ3) is 1.70. The summed E-state index contributed by atoms with van der Waals surface area (Å²) in [5.41, 5.74) is 2.36. The van der Waals surface area contributed by atoms with Crippen molar-refractivity contribution in [3.05, 3.63) is 11.3 Å². The van der Waals surface area contributed by atoms with Gasteiger partial charge in [-0.25, -0.2) is 0 Å². The Morgan fingerprint density at radius 3 is 2.79 bits per heavy atom. The van der Waals surface area contributed by atoms with Gasteiger partial charge < -0.3 is 5.32 Å². The number of hydrogen-bond acceptors (Lipinski definition) is 2. The number of Topliss-reactive ketones (excluding diaryl/α,β-unsaturated/α-hetero) is 1. The number of nitrogens with one attached hydrogen (secondary N) is 1. The number of allylic oxidation sites excluding steroid dienone is 2. The minimum Gasteiger partial charge on any atom is -0.385 e. The quantitative estimate of drug-likeness (QED) is 0.693. The molecule has 0 saturated carbocycles. The number of hydrogen-bond donors (Lipinski definition) is 1. The summed E-state index contributed by atoms with van der Waals surface area (Å²) in [5, 5.41) is 3.54. The molecule has 2 aliphatic rings. The Bertz CT molecular complexity index is 278. The van der Waals surface area contributed by atoms with E-state index in [1.165, 1.54) is 5.70 Å². The fourth-order valence-electron chi connectivity index (χ4n) is 2.44. The molecule has 0 aromatic carbocycles. The van der Waals surface area contributed by atoms with Gasteiger partial charge in [-0.3, -0.25) is 4.79 Å². The summed E-state index contributed by atoms with van der Waals surface area (Å²) < 4.78 is 0. The van der Waals surface area contributed by atoms with E-state index in [4.69, 9.17) is 0 Å². The SMILES string of the molecule is CC(C)C1CCC2=C(CCCC2=O)N1. The van der Waals surface area contributed by atoms with E-state index in [1.807, 2.05) is 0 Å². The van der Waals surface area contributed by atoms with Crippen LogP contribution in [0.1, 0.15) is 46.0 Å². The maximum absolute atomic E-state index is 11.6. The van der Waals surface area contributed by atoms with E-state index in [1.54, 1.807) is 0 Å². The summed E-state index contributed by atoms with van der Waals surface area (Å²) in [6, 6.07) is 0.583. The first-order valence-electron chi connectivity index (χ1n) is 5.70. The Kier molecular flexibility index (Phi) is 2.62. The van der Waals surface area contributed by atoms with Crippen molar-refractivity contribution in [2.75, 3.05) is 0 Å². The highest BCUT2D eigenvalue weighted by Gasteiger charge is 2.27. The first-order valence-corrected chi connectivity index (χ1v) is 5.70. The molecule has 0 spiro atoms. The van der Waals surface area contributed by atoms with Crippen LogP contribution in [0.4, 0.5) is 0 Å². The van der Waals surface area contributed by atoms with Gasteiger partial charge in [0.25, 0.3) is 0 Å². The molecule has 1 aliphatic heterocycles. The van der Waals surface area contributed by atoms with Crippen LogP contribution >= 0.6 is 0 Å². The second kappa shape index (κ2) is 3.76. The fraction of sp³-hybridized carbons (Fsp3) is 0.750. The van der Waals surface area contributed by atoms with Crippen LogP contribution < -0.4 is 5.32 Å². The molecule has 0 radical (unpaired) electrons. The average Bonchev–Trinajstić information content (AvgIpc) is 2.17. The van der Waals surface area contributed by atoms with Gasteiger partial charge in [0.2, 0.25) is 0 Å². The van der Waals surface area contributed by atoms with Crippen LogP contribution in [0.25, 0.3) is 0 Å². The average molecular weight is 193 g/mol. The molecule has 0 aromatic rings. The summed E-state index contributed by atoms with van der Waals surface area (Å²) in [6.07, 6.45) is 5.03. The minimum absolute atomic E-state index is 0.390. The van der Waals surface area contributed by atoms with Gasteiger partial charge in [0, 0.05) is 23.7 Å². The lowest BCUT2D eigenvalue weighted by Crippen LogP contribution is -2.39. The molecule has 2 rings (SSSR count). The van der Waals surface area contributed by atoms with Gasteiger partial charge >= 0.3 is 0 Å². The van der Waals surface area contributed by atoms with Crippen molar-refractivity contribution >= 4 is 5.78 Å². The standard InChI is InChI=1S/C12H19NO/c1-8(2)10-7-6-9-11(13-10)4-3-5-12(9)14/h8,10,13H,3-7H2,1-2H3. The van der Waals surface area contributed by atoms with Crippen molar-refractivity contribution < 1.29 is 4.79 Å². The van der Waals surface area contributed by atoms with Crippen LogP contribution in [0.15, 0.2) is 11.3 Å². The third-order valence-corrected chi connectivity index (χ3v) is 3.40. The van der Waals surface area contributed by atoms with E-state index >= 15 is 0 Å². The normalized spacial score (nSPS) is 27.6. The van der Waals surface area contributed by atoms with Gasteiger partial charge in [-0.1, -0.05) is 13.8 Å². The lowest BCUT2D eigenvalue weighted by molar-refractivity contribution is -0.116. The maximum Gasteiger partial charge on any atom is 0.160 e. The molecule has 0 bridgehead atoms. The summed E-state index contributed by atoms with van der Waals surface area (Å²) in [5.74, 6) is 1.06. The number of carbonyl (C=O) groups excluding carboxylic acids is 1. The minimum atomic E-state index is 0.390. The molecule has 1 unspecified atom stereocenters. The zero-order chi connectivity index (χ0) is 10.1. The van der Waals surface area contributed by atoms with Gasteiger partial charge in [-0.05, 0) is 31.6 Å². The second-order valence-electron chi connectivity index (χ2n) is 4.77. The Morgan fingerprint density at radius 2 is 2.07 bits per heavy atom.